The predicted octanol–water partition coefficient (Wildman–Crippen LogP) is 6.11. The van der Waals surface area contributed by atoms with Gasteiger partial charge in [-0.15, -0.1) is 0 Å². The molecule has 0 spiro atoms. The summed E-state index contributed by atoms with van der Waals surface area (Å²) in [4.78, 5) is 37.1. The van der Waals surface area contributed by atoms with E-state index in [1.807, 2.05) is 48.5 Å². The minimum absolute atomic E-state index is 0.275. The van der Waals surface area contributed by atoms with Crippen molar-refractivity contribution in [1.82, 2.24) is 14.5 Å². The second kappa shape index (κ2) is 11.8. The van der Waals surface area contributed by atoms with Crippen LogP contribution in [0.2, 0.25) is 0 Å². The van der Waals surface area contributed by atoms with Crippen LogP contribution in [0.5, 0.6) is 0 Å². The lowest BCUT2D eigenvalue weighted by atomic mass is 10.1. The summed E-state index contributed by atoms with van der Waals surface area (Å²) in [6.07, 6.45) is 3.04. The van der Waals surface area contributed by atoms with Crippen molar-refractivity contribution >= 4 is 67.5 Å². The van der Waals surface area contributed by atoms with Crippen LogP contribution in [0.1, 0.15) is 10.4 Å². The Morgan fingerprint density at radius 3 is 2.41 bits per heavy atom. The highest BCUT2D eigenvalue weighted by Gasteiger charge is 2.16. The van der Waals surface area contributed by atoms with E-state index < -0.39 is 6.03 Å². The summed E-state index contributed by atoms with van der Waals surface area (Å²) in [6, 6.07) is 23.6. The Labute approximate surface area is 244 Å². The van der Waals surface area contributed by atoms with Gasteiger partial charge in [-0.2, -0.15) is 0 Å². The average Bonchev–Trinajstić information content (AvgIpc) is 3.44. The van der Waals surface area contributed by atoms with E-state index in [1.165, 1.54) is 10.9 Å². The normalized spacial score (nSPS) is 13.1. The van der Waals surface area contributed by atoms with Crippen LogP contribution < -0.4 is 20.9 Å². The maximum atomic E-state index is 13.2. The van der Waals surface area contributed by atoms with E-state index in [9.17, 15) is 9.59 Å². The SMILES string of the molecule is O=C(Nc1ccc(N2CCOCC2)cc1)c1cccc(NC(=O)n2ccc3c(Nc4cccc(Br)c4)ncnc32)c1. The quantitative estimate of drug-likeness (QED) is 0.212. The summed E-state index contributed by atoms with van der Waals surface area (Å²) in [7, 11) is 0. The Hall–Kier alpha value is -4.74. The first-order valence-corrected chi connectivity index (χ1v) is 13.8. The smallest absolute Gasteiger partial charge is 0.331 e. The van der Waals surface area contributed by atoms with Gasteiger partial charge in [0.05, 0.1) is 18.6 Å². The van der Waals surface area contributed by atoms with Crippen molar-refractivity contribution in [3.8, 4) is 0 Å². The molecule has 0 radical (unpaired) electrons. The van der Waals surface area contributed by atoms with E-state index in [0.717, 1.165) is 28.9 Å². The monoisotopic (exact) mass is 611 g/mol. The number of halogens is 1. The van der Waals surface area contributed by atoms with Crippen molar-refractivity contribution in [3.05, 3.63) is 101 Å². The molecular weight excluding hydrogens is 586 g/mol. The Balaban J connectivity index is 1.13. The molecule has 206 valence electrons. The molecule has 6 rings (SSSR count). The van der Waals surface area contributed by atoms with Crippen LogP contribution in [-0.2, 0) is 4.74 Å². The highest BCUT2D eigenvalue weighted by molar-refractivity contribution is 9.10. The van der Waals surface area contributed by atoms with Crippen LogP contribution in [0.3, 0.4) is 0 Å². The first-order valence-electron chi connectivity index (χ1n) is 13.0. The number of fused-ring (bicyclic) bond motifs is 1. The van der Waals surface area contributed by atoms with Gasteiger partial charge in [0, 0.05) is 52.1 Å². The molecule has 2 aromatic heterocycles. The van der Waals surface area contributed by atoms with E-state index in [2.05, 4.69) is 46.7 Å². The molecule has 2 amide bonds. The van der Waals surface area contributed by atoms with Crippen LogP contribution in [0.15, 0.2) is 95.9 Å². The highest BCUT2D eigenvalue weighted by atomic mass is 79.9. The molecule has 3 N–H and O–H groups in total. The molecule has 0 bridgehead atoms. The van der Waals surface area contributed by atoms with Crippen LogP contribution in [0.25, 0.3) is 11.0 Å². The van der Waals surface area contributed by atoms with Gasteiger partial charge >= 0.3 is 6.03 Å². The zero-order chi connectivity index (χ0) is 28.2. The van der Waals surface area contributed by atoms with Gasteiger partial charge in [0.1, 0.15) is 12.1 Å². The van der Waals surface area contributed by atoms with Gasteiger partial charge in [-0.3, -0.25) is 9.36 Å². The van der Waals surface area contributed by atoms with Crippen molar-refractivity contribution in [2.75, 3.05) is 47.2 Å². The van der Waals surface area contributed by atoms with Crippen LogP contribution in [0.4, 0.5) is 33.4 Å². The zero-order valence-corrected chi connectivity index (χ0v) is 23.5. The third kappa shape index (κ3) is 6.06. The maximum absolute atomic E-state index is 13.2. The fourth-order valence-corrected chi connectivity index (χ4v) is 5.02. The largest absolute Gasteiger partial charge is 0.378 e. The molecule has 0 aliphatic carbocycles. The third-order valence-electron chi connectivity index (χ3n) is 6.66. The number of anilines is 5. The number of nitrogens with one attached hydrogen (secondary N) is 3. The number of hydrogen-bond acceptors (Lipinski definition) is 7. The number of carbonyl (C=O) groups is 2. The van der Waals surface area contributed by atoms with Crippen molar-refractivity contribution in [1.29, 1.82) is 0 Å². The first-order chi connectivity index (χ1) is 20.0. The molecule has 0 atom stereocenters. The molecule has 1 aliphatic heterocycles. The first kappa shape index (κ1) is 26.5. The van der Waals surface area contributed by atoms with Crippen LogP contribution >= 0.6 is 15.9 Å². The van der Waals surface area contributed by atoms with Crippen molar-refractivity contribution in [3.63, 3.8) is 0 Å². The van der Waals surface area contributed by atoms with Gasteiger partial charge in [-0.05, 0) is 66.7 Å². The highest BCUT2D eigenvalue weighted by Crippen LogP contribution is 2.26. The standard InChI is InChI=1S/C30H26BrN7O3/c31-21-4-2-6-24(18-21)34-27-26-11-12-38(28(26)33-19-32-27)30(40)36-23-5-1-3-20(17-23)29(39)35-22-7-9-25(10-8-22)37-13-15-41-16-14-37/h1-12,17-19H,13-16H2,(H,35,39)(H,36,40)(H,32,33,34). The van der Waals surface area contributed by atoms with Gasteiger partial charge in [-0.25, -0.2) is 14.8 Å². The number of carbonyl (C=O) groups excluding carboxylic acids is 2. The number of rotatable bonds is 6. The van der Waals surface area contributed by atoms with E-state index in [4.69, 9.17) is 4.74 Å². The fourth-order valence-electron chi connectivity index (χ4n) is 4.62. The topological polar surface area (TPSA) is 113 Å². The summed E-state index contributed by atoms with van der Waals surface area (Å²) in [5, 5.41) is 9.74. The van der Waals surface area contributed by atoms with E-state index >= 15 is 0 Å². The number of morpholine rings is 1. The molecule has 10 nitrogen and oxygen atoms in total. The number of aromatic nitrogens is 3. The predicted molar refractivity (Wildman–Crippen MR) is 163 cm³/mol. The fraction of sp³-hybridized carbons (Fsp3) is 0.133. The van der Waals surface area contributed by atoms with E-state index in [0.29, 0.717) is 47.0 Å². The van der Waals surface area contributed by atoms with Gasteiger partial charge in [0.25, 0.3) is 5.91 Å². The lowest BCUT2D eigenvalue weighted by Gasteiger charge is -2.28. The lowest BCUT2D eigenvalue weighted by Crippen LogP contribution is -2.36. The van der Waals surface area contributed by atoms with Crippen molar-refractivity contribution < 1.29 is 14.3 Å². The summed E-state index contributed by atoms with van der Waals surface area (Å²) in [5.41, 5.74) is 3.97. The average molecular weight is 612 g/mol. The minimum Gasteiger partial charge on any atom is -0.378 e. The molecule has 3 heterocycles. The molecule has 1 aliphatic rings. The number of amides is 2. The molecule has 41 heavy (non-hydrogen) atoms. The molecule has 0 saturated carbocycles. The van der Waals surface area contributed by atoms with Crippen LogP contribution in [-0.4, -0.2) is 52.8 Å². The third-order valence-corrected chi connectivity index (χ3v) is 7.16. The Kier molecular flexibility index (Phi) is 7.61. The zero-order valence-electron chi connectivity index (χ0n) is 21.9. The van der Waals surface area contributed by atoms with Crippen molar-refractivity contribution in [2.24, 2.45) is 0 Å². The molecule has 11 heteroatoms. The summed E-state index contributed by atoms with van der Waals surface area (Å²) < 4.78 is 7.75. The van der Waals surface area contributed by atoms with Crippen molar-refractivity contribution in [2.45, 2.75) is 0 Å². The minimum atomic E-state index is -0.414. The molecule has 3 aromatic carbocycles. The second-order valence-corrected chi connectivity index (χ2v) is 10.3. The Bertz CT molecular complexity index is 1720. The number of ether oxygens (including phenoxy) is 1. The van der Waals surface area contributed by atoms with Crippen LogP contribution in [0, 0.1) is 0 Å². The number of hydrogen-bond donors (Lipinski definition) is 3. The van der Waals surface area contributed by atoms with E-state index in [1.54, 1.807) is 36.5 Å². The molecule has 5 aromatic rings. The maximum Gasteiger partial charge on any atom is 0.331 e. The van der Waals surface area contributed by atoms with Gasteiger partial charge in [0.2, 0.25) is 0 Å². The molecule has 1 saturated heterocycles. The van der Waals surface area contributed by atoms with Gasteiger partial charge in [-0.1, -0.05) is 28.1 Å². The summed E-state index contributed by atoms with van der Waals surface area (Å²) in [5.74, 6) is 0.305. The number of benzene rings is 3. The van der Waals surface area contributed by atoms with Gasteiger partial charge in [0.15, 0.2) is 5.65 Å². The molecule has 1 fully saturated rings. The lowest BCUT2D eigenvalue weighted by molar-refractivity contribution is 0.102. The Morgan fingerprint density at radius 1 is 0.829 bits per heavy atom. The molecular formula is C30H26BrN7O3. The number of nitrogens with zero attached hydrogens (tertiary/aromatic N) is 4. The van der Waals surface area contributed by atoms with E-state index in [-0.39, 0.29) is 5.91 Å². The summed E-state index contributed by atoms with van der Waals surface area (Å²) in [6.45, 7) is 3.12. The van der Waals surface area contributed by atoms with Gasteiger partial charge < -0.3 is 25.6 Å². The summed E-state index contributed by atoms with van der Waals surface area (Å²) >= 11 is 3.47. The molecule has 0 unspecified atom stereocenters. The second-order valence-electron chi connectivity index (χ2n) is 9.39. The Morgan fingerprint density at radius 2 is 1.61 bits per heavy atom.